The van der Waals surface area contributed by atoms with Crippen molar-refractivity contribution in [1.82, 2.24) is 9.62 Å². The predicted octanol–water partition coefficient (Wildman–Crippen LogP) is 2.82. The van der Waals surface area contributed by atoms with Crippen molar-refractivity contribution < 1.29 is 22.7 Å². The number of carbonyl (C=O) groups is 2. The van der Waals surface area contributed by atoms with E-state index in [1.54, 1.807) is 30.3 Å². The first-order valence-corrected chi connectivity index (χ1v) is 11.7. The van der Waals surface area contributed by atoms with Crippen LogP contribution >= 0.6 is 0 Å². The molecule has 3 rings (SSSR count). The maximum atomic E-state index is 12.9. The number of ether oxygens (including phenoxy) is 1. The van der Waals surface area contributed by atoms with Gasteiger partial charge in [0, 0.05) is 19.0 Å². The highest BCUT2D eigenvalue weighted by atomic mass is 32.2. The zero-order valence-electron chi connectivity index (χ0n) is 17.8. The highest BCUT2D eigenvalue weighted by Gasteiger charge is 2.33. The largest absolute Gasteiger partial charge is 0.469 e. The molecule has 0 spiro atoms. The van der Waals surface area contributed by atoms with Gasteiger partial charge in [0.15, 0.2) is 0 Å². The molecule has 1 atom stereocenters. The van der Waals surface area contributed by atoms with Crippen molar-refractivity contribution in [3.63, 3.8) is 0 Å². The molecule has 0 radical (unpaired) electrons. The lowest BCUT2D eigenvalue weighted by Crippen LogP contribution is -2.43. The standard InChI is InChI=1S/C23H28N2O5S/c1-17-8-10-18(11-9-17)21(16-22(26)30-2)24-23(27)19-12-14-25(15-13-19)31(28,29)20-6-4-3-5-7-20/h3-11,19,21H,12-16H2,1-2H3,(H,24,27). The van der Waals surface area contributed by atoms with Crippen LogP contribution in [0.5, 0.6) is 0 Å². The molecule has 1 saturated heterocycles. The molecule has 0 saturated carbocycles. The number of esters is 1. The Bertz CT molecular complexity index is 998. The van der Waals surface area contributed by atoms with Crippen LogP contribution in [-0.2, 0) is 24.3 Å². The van der Waals surface area contributed by atoms with Crippen LogP contribution in [0, 0.1) is 12.8 Å². The van der Waals surface area contributed by atoms with Gasteiger partial charge < -0.3 is 10.1 Å². The number of rotatable bonds is 7. The van der Waals surface area contributed by atoms with Gasteiger partial charge in [-0.2, -0.15) is 4.31 Å². The molecule has 0 aliphatic carbocycles. The molecule has 2 aromatic rings. The number of aryl methyl sites for hydroxylation is 1. The number of amides is 1. The van der Waals surface area contributed by atoms with E-state index in [-0.39, 0.29) is 36.2 Å². The fourth-order valence-corrected chi connectivity index (χ4v) is 5.18. The van der Waals surface area contributed by atoms with Crippen molar-refractivity contribution in [2.45, 2.75) is 37.1 Å². The quantitative estimate of drug-likeness (QED) is 0.663. The van der Waals surface area contributed by atoms with Crippen molar-refractivity contribution in [1.29, 1.82) is 0 Å². The Morgan fingerprint density at radius 3 is 2.26 bits per heavy atom. The summed E-state index contributed by atoms with van der Waals surface area (Å²) >= 11 is 0. The molecule has 1 N–H and O–H groups in total. The summed E-state index contributed by atoms with van der Waals surface area (Å²) in [6, 6.07) is 15.5. The van der Waals surface area contributed by atoms with Crippen LogP contribution < -0.4 is 5.32 Å². The van der Waals surface area contributed by atoms with E-state index in [1.807, 2.05) is 31.2 Å². The maximum Gasteiger partial charge on any atom is 0.307 e. The van der Waals surface area contributed by atoms with E-state index in [9.17, 15) is 18.0 Å². The third-order valence-corrected chi connectivity index (χ3v) is 7.51. The molecular weight excluding hydrogens is 416 g/mol. The van der Waals surface area contributed by atoms with E-state index in [0.717, 1.165) is 11.1 Å². The van der Waals surface area contributed by atoms with Crippen molar-refractivity contribution in [2.75, 3.05) is 20.2 Å². The Morgan fingerprint density at radius 2 is 1.68 bits per heavy atom. The minimum absolute atomic E-state index is 0.0343. The molecule has 7 nitrogen and oxygen atoms in total. The Balaban J connectivity index is 1.64. The minimum atomic E-state index is -3.56. The molecule has 0 bridgehead atoms. The second-order valence-electron chi connectivity index (χ2n) is 7.74. The van der Waals surface area contributed by atoms with E-state index in [2.05, 4.69) is 5.32 Å². The summed E-state index contributed by atoms with van der Waals surface area (Å²) < 4.78 is 31.8. The van der Waals surface area contributed by atoms with E-state index in [4.69, 9.17) is 4.74 Å². The van der Waals surface area contributed by atoms with Crippen molar-refractivity contribution in [2.24, 2.45) is 5.92 Å². The summed E-state index contributed by atoms with van der Waals surface area (Å²) in [6.45, 7) is 2.53. The third-order valence-electron chi connectivity index (χ3n) is 5.60. The van der Waals surface area contributed by atoms with Crippen LogP contribution in [0.25, 0.3) is 0 Å². The first-order chi connectivity index (χ1) is 14.8. The molecule has 166 valence electrons. The lowest BCUT2D eigenvalue weighted by Gasteiger charge is -2.31. The van der Waals surface area contributed by atoms with Crippen LogP contribution in [0.4, 0.5) is 0 Å². The van der Waals surface area contributed by atoms with Crippen LogP contribution in [-0.4, -0.2) is 44.8 Å². The van der Waals surface area contributed by atoms with Gasteiger partial charge in [-0.05, 0) is 37.5 Å². The van der Waals surface area contributed by atoms with E-state index in [1.165, 1.54) is 11.4 Å². The molecular formula is C23H28N2O5S. The van der Waals surface area contributed by atoms with Crippen molar-refractivity contribution >= 4 is 21.9 Å². The Kier molecular flexibility index (Phi) is 7.46. The average Bonchev–Trinajstić information content (AvgIpc) is 2.79. The fraction of sp³-hybridized carbons (Fsp3) is 0.391. The van der Waals surface area contributed by atoms with Gasteiger partial charge >= 0.3 is 5.97 Å². The molecule has 1 aliphatic heterocycles. The summed E-state index contributed by atoms with van der Waals surface area (Å²) in [5, 5.41) is 2.97. The molecule has 8 heteroatoms. The van der Waals surface area contributed by atoms with Gasteiger partial charge in [-0.1, -0.05) is 48.0 Å². The number of benzene rings is 2. The number of nitrogens with one attached hydrogen (secondary N) is 1. The van der Waals surface area contributed by atoms with Gasteiger partial charge in [0.1, 0.15) is 0 Å². The van der Waals surface area contributed by atoms with E-state index < -0.39 is 22.0 Å². The predicted molar refractivity (Wildman–Crippen MR) is 117 cm³/mol. The average molecular weight is 445 g/mol. The molecule has 1 fully saturated rings. The maximum absolute atomic E-state index is 12.9. The van der Waals surface area contributed by atoms with E-state index >= 15 is 0 Å². The number of sulfonamides is 1. The molecule has 1 heterocycles. The Hall–Kier alpha value is -2.71. The lowest BCUT2D eigenvalue weighted by molar-refractivity contribution is -0.141. The van der Waals surface area contributed by atoms with Gasteiger partial charge in [-0.3, -0.25) is 9.59 Å². The molecule has 1 unspecified atom stereocenters. The van der Waals surface area contributed by atoms with Gasteiger partial charge in [-0.25, -0.2) is 8.42 Å². The van der Waals surface area contributed by atoms with Gasteiger partial charge in [0.2, 0.25) is 15.9 Å². The van der Waals surface area contributed by atoms with Crippen molar-refractivity contribution in [3.05, 3.63) is 65.7 Å². The fourth-order valence-electron chi connectivity index (χ4n) is 3.69. The number of methoxy groups -OCH3 is 1. The van der Waals surface area contributed by atoms with E-state index in [0.29, 0.717) is 12.8 Å². The van der Waals surface area contributed by atoms with Crippen LogP contribution in [0.2, 0.25) is 0 Å². The summed E-state index contributed by atoms with van der Waals surface area (Å²) in [5.41, 5.74) is 1.91. The van der Waals surface area contributed by atoms with Crippen LogP contribution in [0.15, 0.2) is 59.5 Å². The number of piperidine rings is 1. The molecule has 31 heavy (non-hydrogen) atoms. The number of nitrogens with zero attached hydrogens (tertiary/aromatic N) is 1. The summed E-state index contributed by atoms with van der Waals surface area (Å²) in [6.07, 6.45) is 0.889. The number of hydrogen-bond donors (Lipinski definition) is 1. The second-order valence-corrected chi connectivity index (χ2v) is 9.68. The molecule has 1 aliphatic rings. The minimum Gasteiger partial charge on any atom is -0.469 e. The highest BCUT2D eigenvalue weighted by Crippen LogP contribution is 2.25. The summed E-state index contributed by atoms with van der Waals surface area (Å²) in [4.78, 5) is 25.0. The molecule has 1 amide bonds. The topological polar surface area (TPSA) is 92.8 Å². The summed E-state index contributed by atoms with van der Waals surface area (Å²) in [5.74, 6) is -0.895. The van der Waals surface area contributed by atoms with Crippen LogP contribution in [0.3, 0.4) is 0 Å². The zero-order chi connectivity index (χ0) is 22.4. The first-order valence-electron chi connectivity index (χ1n) is 10.3. The monoisotopic (exact) mass is 444 g/mol. The third kappa shape index (κ3) is 5.71. The zero-order valence-corrected chi connectivity index (χ0v) is 18.6. The van der Waals surface area contributed by atoms with Gasteiger partial charge in [0.05, 0.1) is 24.5 Å². The molecule has 2 aromatic carbocycles. The first kappa shape index (κ1) is 23.0. The SMILES string of the molecule is COC(=O)CC(NC(=O)C1CCN(S(=O)(=O)c2ccccc2)CC1)c1ccc(C)cc1. The van der Waals surface area contributed by atoms with Gasteiger partial charge in [-0.15, -0.1) is 0 Å². The highest BCUT2D eigenvalue weighted by molar-refractivity contribution is 7.89. The lowest BCUT2D eigenvalue weighted by atomic mass is 9.95. The number of hydrogen-bond acceptors (Lipinski definition) is 5. The van der Waals surface area contributed by atoms with Crippen LogP contribution in [0.1, 0.15) is 36.4 Å². The normalized spacial score (nSPS) is 16.5. The second kappa shape index (κ2) is 10.1. The van der Waals surface area contributed by atoms with Gasteiger partial charge in [0.25, 0.3) is 0 Å². The molecule has 0 aromatic heterocycles. The Labute approximate surface area is 183 Å². The number of carbonyl (C=O) groups excluding carboxylic acids is 2. The Morgan fingerprint density at radius 1 is 1.06 bits per heavy atom. The summed E-state index contributed by atoms with van der Waals surface area (Å²) in [7, 11) is -2.24. The van der Waals surface area contributed by atoms with Crippen molar-refractivity contribution in [3.8, 4) is 0 Å². The smallest absolute Gasteiger partial charge is 0.307 e.